The van der Waals surface area contributed by atoms with E-state index in [1.54, 1.807) is 24.3 Å². The molecule has 5 aromatic rings. The number of aromatic nitrogens is 7. The Hall–Kier alpha value is -4.04. The van der Waals surface area contributed by atoms with E-state index >= 15 is 0 Å². The Labute approximate surface area is 196 Å². The molecule has 34 heavy (non-hydrogen) atoms. The van der Waals surface area contributed by atoms with Crippen LogP contribution in [0.2, 0.25) is 5.02 Å². The van der Waals surface area contributed by atoms with Gasteiger partial charge >= 0.3 is 6.18 Å². The number of carbonyl (C=O) groups is 1. The van der Waals surface area contributed by atoms with Crippen LogP contribution in [0.4, 0.5) is 24.7 Å². The van der Waals surface area contributed by atoms with Crippen molar-refractivity contribution in [1.82, 2.24) is 34.7 Å². The van der Waals surface area contributed by atoms with Gasteiger partial charge in [-0.2, -0.15) is 23.4 Å². The molecular formula is C19H11ClF3N9OS. The summed E-state index contributed by atoms with van der Waals surface area (Å²) in [5.41, 5.74) is 4.15. The topological polar surface area (TPSA) is 129 Å². The fourth-order valence-electron chi connectivity index (χ4n) is 3.10. The molecule has 0 atom stereocenters. The monoisotopic (exact) mass is 505 g/mol. The first-order chi connectivity index (χ1) is 16.2. The van der Waals surface area contributed by atoms with Gasteiger partial charge in [0.1, 0.15) is 0 Å². The number of nitrogens with one attached hydrogen (secondary N) is 1. The number of fused-ring (bicyclic) bond motifs is 1. The minimum absolute atomic E-state index is 0.0207. The van der Waals surface area contributed by atoms with Crippen molar-refractivity contribution in [3.05, 3.63) is 65.2 Å². The van der Waals surface area contributed by atoms with Crippen LogP contribution in [0.15, 0.2) is 48.9 Å². The molecule has 4 heterocycles. The predicted octanol–water partition coefficient (Wildman–Crippen LogP) is 3.96. The largest absolute Gasteiger partial charge is 0.434 e. The highest BCUT2D eigenvalue weighted by molar-refractivity contribution is 7.20. The molecule has 1 aromatic carbocycles. The number of anilines is 2. The van der Waals surface area contributed by atoms with Crippen molar-refractivity contribution in [2.24, 2.45) is 0 Å². The second kappa shape index (κ2) is 8.07. The maximum atomic E-state index is 14.0. The van der Waals surface area contributed by atoms with E-state index in [0.717, 1.165) is 22.3 Å². The lowest BCUT2D eigenvalue weighted by molar-refractivity contribution is -0.143. The zero-order valence-corrected chi connectivity index (χ0v) is 18.2. The fraction of sp³-hybridized carbons (Fsp3) is 0.0526. The number of halogens is 4. The minimum Gasteiger partial charge on any atom is -0.381 e. The number of hydrogen-bond donors (Lipinski definition) is 2. The van der Waals surface area contributed by atoms with Crippen LogP contribution in [-0.4, -0.2) is 40.6 Å². The van der Waals surface area contributed by atoms with E-state index in [0.29, 0.717) is 14.9 Å². The third kappa shape index (κ3) is 3.92. The third-order valence-corrected chi connectivity index (χ3v) is 5.81. The summed E-state index contributed by atoms with van der Waals surface area (Å²) in [6.07, 6.45) is -1.56. The molecule has 0 saturated carbocycles. The SMILES string of the molecule is Nc1cnn(-c2ncc(NC(=O)c3cnn(-c4nc5ccccc5s4)c3C(F)(F)F)cc2Cl)n1. The molecule has 0 saturated heterocycles. The van der Waals surface area contributed by atoms with Crippen molar-refractivity contribution in [3.63, 3.8) is 0 Å². The molecule has 0 spiro atoms. The van der Waals surface area contributed by atoms with Crippen LogP contribution in [0.1, 0.15) is 16.1 Å². The number of carbonyl (C=O) groups excluding carboxylic acids is 1. The van der Waals surface area contributed by atoms with E-state index in [4.69, 9.17) is 17.3 Å². The van der Waals surface area contributed by atoms with Crippen molar-refractivity contribution in [3.8, 4) is 10.9 Å². The minimum atomic E-state index is -4.88. The van der Waals surface area contributed by atoms with Gasteiger partial charge < -0.3 is 11.1 Å². The highest BCUT2D eigenvalue weighted by Gasteiger charge is 2.41. The fourth-order valence-corrected chi connectivity index (χ4v) is 4.28. The van der Waals surface area contributed by atoms with E-state index in [-0.39, 0.29) is 27.5 Å². The van der Waals surface area contributed by atoms with Crippen LogP contribution in [0.3, 0.4) is 0 Å². The van der Waals surface area contributed by atoms with Gasteiger partial charge in [0.15, 0.2) is 17.3 Å². The number of nitrogens with two attached hydrogens (primary N) is 1. The second-order valence-electron chi connectivity index (χ2n) is 6.82. The molecular weight excluding hydrogens is 495 g/mol. The molecule has 0 radical (unpaired) electrons. The third-order valence-electron chi connectivity index (χ3n) is 4.52. The van der Waals surface area contributed by atoms with Gasteiger partial charge in [-0.25, -0.2) is 14.6 Å². The van der Waals surface area contributed by atoms with Crippen LogP contribution in [0.5, 0.6) is 0 Å². The van der Waals surface area contributed by atoms with E-state index in [1.165, 1.54) is 18.5 Å². The normalized spacial score (nSPS) is 11.8. The average Bonchev–Trinajstić information content (AvgIpc) is 3.50. The molecule has 0 fully saturated rings. The van der Waals surface area contributed by atoms with Gasteiger partial charge in [0, 0.05) is 0 Å². The molecule has 3 N–H and O–H groups in total. The first kappa shape index (κ1) is 21.8. The number of alkyl halides is 3. The Balaban J connectivity index is 1.48. The number of pyridine rings is 1. The first-order valence-electron chi connectivity index (χ1n) is 9.37. The van der Waals surface area contributed by atoms with Gasteiger partial charge in [0.25, 0.3) is 5.91 Å². The zero-order chi connectivity index (χ0) is 24.0. The molecule has 0 aliphatic carbocycles. The van der Waals surface area contributed by atoms with Gasteiger partial charge in [-0.3, -0.25) is 4.79 Å². The summed E-state index contributed by atoms with van der Waals surface area (Å²) in [5.74, 6) is -0.789. The highest BCUT2D eigenvalue weighted by atomic mass is 35.5. The van der Waals surface area contributed by atoms with Crippen molar-refractivity contribution in [2.45, 2.75) is 6.18 Å². The Kier molecular flexibility index (Phi) is 5.17. The molecule has 172 valence electrons. The van der Waals surface area contributed by atoms with Crippen LogP contribution in [-0.2, 0) is 6.18 Å². The second-order valence-corrected chi connectivity index (χ2v) is 8.24. The Morgan fingerprint density at radius 2 is 1.94 bits per heavy atom. The first-order valence-corrected chi connectivity index (χ1v) is 10.6. The molecule has 0 bridgehead atoms. The number of benzene rings is 1. The Morgan fingerprint density at radius 1 is 1.15 bits per heavy atom. The predicted molar refractivity (Wildman–Crippen MR) is 118 cm³/mol. The summed E-state index contributed by atoms with van der Waals surface area (Å²) in [6, 6.07) is 8.17. The Morgan fingerprint density at radius 3 is 2.62 bits per heavy atom. The van der Waals surface area contributed by atoms with Gasteiger partial charge in [0.05, 0.1) is 45.1 Å². The van der Waals surface area contributed by atoms with E-state index in [1.807, 2.05) is 0 Å². The maximum absolute atomic E-state index is 14.0. The maximum Gasteiger partial charge on any atom is 0.434 e. The van der Waals surface area contributed by atoms with Gasteiger partial charge in [-0.05, 0) is 18.2 Å². The van der Waals surface area contributed by atoms with Crippen LogP contribution >= 0.6 is 22.9 Å². The molecule has 1 amide bonds. The number of nitrogens with zero attached hydrogens (tertiary/aromatic N) is 7. The number of rotatable bonds is 4. The smallest absolute Gasteiger partial charge is 0.381 e. The van der Waals surface area contributed by atoms with Crippen LogP contribution < -0.4 is 11.1 Å². The number of para-hydroxylation sites is 1. The van der Waals surface area contributed by atoms with E-state index in [9.17, 15) is 18.0 Å². The zero-order valence-electron chi connectivity index (χ0n) is 16.7. The average molecular weight is 506 g/mol. The molecule has 0 aliphatic rings. The van der Waals surface area contributed by atoms with Crippen LogP contribution in [0, 0.1) is 0 Å². The summed E-state index contributed by atoms with van der Waals surface area (Å²) in [5, 5.41) is 13.9. The molecule has 0 unspecified atom stereocenters. The van der Waals surface area contributed by atoms with Crippen molar-refractivity contribution >= 4 is 50.6 Å². The lowest BCUT2D eigenvalue weighted by Gasteiger charge is -2.11. The summed E-state index contributed by atoms with van der Waals surface area (Å²) in [4.78, 5) is 22.1. The molecule has 15 heteroatoms. The van der Waals surface area contributed by atoms with E-state index < -0.39 is 23.3 Å². The van der Waals surface area contributed by atoms with Crippen LogP contribution in [0.25, 0.3) is 21.2 Å². The molecule has 0 aliphatic heterocycles. The van der Waals surface area contributed by atoms with Crippen molar-refractivity contribution < 1.29 is 18.0 Å². The molecule has 10 nitrogen and oxygen atoms in total. The van der Waals surface area contributed by atoms with E-state index in [2.05, 4.69) is 30.6 Å². The summed E-state index contributed by atoms with van der Waals surface area (Å²) < 4.78 is 43.2. The number of nitrogen functional groups attached to an aromatic ring is 1. The van der Waals surface area contributed by atoms with Crippen molar-refractivity contribution in [1.29, 1.82) is 0 Å². The molecule has 5 rings (SSSR count). The number of hydrogen-bond acceptors (Lipinski definition) is 8. The lowest BCUT2D eigenvalue weighted by Crippen LogP contribution is -2.20. The molecule has 4 aromatic heterocycles. The lowest BCUT2D eigenvalue weighted by atomic mass is 10.2. The Bertz CT molecular complexity index is 1510. The number of amides is 1. The standard InChI is InChI=1S/C19H11ClF3N9OS/c20-11-5-9(6-25-16(11)32-27-8-14(24)30-32)28-17(33)10-7-26-31(15(10)19(21,22)23)18-29-12-3-1-2-4-13(12)34-18/h1-8H,(H2,24,30)(H,28,33). The summed E-state index contributed by atoms with van der Waals surface area (Å²) in [6.45, 7) is 0. The summed E-state index contributed by atoms with van der Waals surface area (Å²) in [7, 11) is 0. The van der Waals surface area contributed by atoms with Gasteiger partial charge in [0.2, 0.25) is 5.13 Å². The quantitative estimate of drug-likeness (QED) is 0.378. The highest BCUT2D eigenvalue weighted by Crippen LogP contribution is 2.36. The number of thiazole rings is 1. The van der Waals surface area contributed by atoms with Gasteiger partial charge in [-0.15, -0.1) is 9.90 Å². The summed E-state index contributed by atoms with van der Waals surface area (Å²) >= 11 is 7.19. The van der Waals surface area contributed by atoms with Crippen molar-refractivity contribution in [2.75, 3.05) is 11.1 Å². The van der Waals surface area contributed by atoms with Gasteiger partial charge in [-0.1, -0.05) is 35.1 Å².